The third kappa shape index (κ3) is 1.81. The quantitative estimate of drug-likeness (QED) is 0.764. The molecule has 2 aliphatic rings. The number of benzene rings is 2. The van der Waals surface area contributed by atoms with E-state index in [9.17, 15) is 0 Å². The van der Waals surface area contributed by atoms with Crippen molar-refractivity contribution < 1.29 is 0 Å². The van der Waals surface area contributed by atoms with E-state index in [1.807, 2.05) is 0 Å². The van der Waals surface area contributed by atoms with Crippen LogP contribution in [0.5, 0.6) is 0 Å². The van der Waals surface area contributed by atoms with E-state index >= 15 is 0 Å². The van der Waals surface area contributed by atoms with Gasteiger partial charge < -0.3 is 0 Å². The second kappa shape index (κ2) is 5.15. The highest BCUT2D eigenvalue weighted by Gasteiger charge is 2.48. The van der Waals surface area contributed by atoms with Gasteiger partial charge in [0.15, 0.2) is 0 Å². The normalized spacial score (nSPS) is 26.5. The highest BCUT2D eigenvalue weighted by atomic mass is 35.5. The molecule has 21 heavy (non-hydrogen) atoms. The largest absolute Gasteiger partial charge is 0.289 e. The van der Waals surface area contributed by atoms with Gasteiger partial charge in [0.25, 0.3) is 0 Å². The van der Waals surface area contributed by atoms with Gasteiger partial charge in [0, 0.05) is 6.04 Å². The van der Waals surface area contributed by atoms with E-state index in [4.69, 9.17) is 0 Å². The maximum absolute atomic E-state index is 2.64. The summed E-state index contributed by atoms with van der Waals surface area (Å²) in [4.78, 5) is 2.64. The summed E-state index contributed by atoms with van der Waals surface area (Å²) in [7, 11) is 2.32. The van der Waals surface area contributed by atoms with Gasteiger partial charge in [-0.2, -0.15) is 0 Å². The molecule has 110 valence electrons. The van der Waals surface area contributed by atoms with Gasteiger partial charge >= 0.3 is 0 Å². The zero-order chi connectivity index (χ0) is 13.7. The molecule has 2 aliphatic heterocycles. The minimum Gasteiger partial charge on any atom is -0.289 e. The molecule has 2 bridgehead atoms. The van der Waals surface area contributed by atoms with Crippen molar-refractivity contribution in [3.8, 4) is 0 Å². The van der Waals surface area contributed by atoms with Crippen molar-refractivity contribution >= 4 is 12.4 Å². The molecular weight excluding hydrogens is 278 g/mol. The fraction of sp³-hybridized carbons (Fsp3) is 0.368. The second-order valence-electron chi connectivity index (χ2n) is 6.20. The molecule has 0 fully saturated rings. The van der Waals surface area contributed by atoms with E-state index in [1.54, 1.807) is 11.1 Å². The van der Waals surface area contributed by atoms with Crippen LogP contribution in [0.3, 0.4) is 0 Å². The minimum absolute atomic E-state index is 0. The van der Waals surface area contributed by atoms with Gasteiger partial charge in [-0.1, -0.05) is 55.5 Å². The molecule has 0 spiro atoms. The Hall–Kier alpha value is -1.31. The second-order valence-corrected chi connectivity index (χ2v) is 6.20. The van der Waals surface area contributed by atoms with Crippen LogP contribution in [0.15, 0.2) is 48.5 Å². The molecule has 0 aromatic heterocycles. The molecule has 2 aromatic rings. The SMILES string of the molecule is CCC12c3ccccc3CC(Cc3ccccc31)N2C.Cl. The molecule has 0 atom stereocenters. The Kier molecular flexibility index (Phi) is 3.59. The summed E-state index contributed by atoms with van der Waals surface area (Å²) in [6, 6.07) is 18.7. The zero-order valence-corrected chi connectivity index (χ0v) is 13.5. The molecule has 0 unspecified atom stereocenters. The first-order valence-corrected chi connectivity index (χ1v) is 7.67. The average Bonchev–Trinajstić information content (AvgIpc) is 2.48. The molecule has 4 rings (SSSR count). The molecule has 0 amide bonds. The van der Waals surface area contributed by atoms with Gasteiger partial charge in [0.1, 0.15) is 0 Å². The number of hydrogen-bond acceptors (Lipinski definition) is 1. The Morgan fingerprint density at radius 1 is 0.952 bits per heavy atom. The highest BCUT2D eigenvalue weighted by molar-refractivity contribution is 5.85. The van der Waals surface area contributed by atoms with Crippen molar-refractivity contribution in [3.63, 3.8) is 0 Å². The maximum Gasteiger partial charge on any atom is 0.0718 e. The van der Waals surface area contributed by atoms with Crippen molar-refractivity contribution in [1.82, 2.24) is 4.90 Å². The molecule has 0 saturated carbocycles. The molecule has 2 heterocycles. The number of halogens is 1. The molecule has 0 saturated heterocycles. The van der Waals surface area contributed by atoms with Gasteiger partial charge in [-0.05, 0) is 48.6 Å². The molecule has 2 heteroatoms. The van der Waals surface area contributed by atoms with E-state index in [0.29, 0.717) is 6.04 Å². The first-order valence-electron chi connectivity index (χ1n) is 7.67. The summed E-state index contributed by atoms with van der Waals surface area (Å²) >= 11 is 0. The van der Waals surface area contributed by atoms with Crippen LogP contribution in [-0.2, 0) is 18.4 Å². The van der Waals surface area contributed by atoms with E-state index in [2.05, 4.69) is 67.4 Å². The highest BCUT2D eigenvalue weighted by Crippen LogP contribution is 2.49. The lowest BCUT2D eigenvalue weighted by Crippen LogP contribution is -2.58. The Morgan fingerprint density at radius 3 is 1.90 bits per heavy atom. The number of nitrogens with zero attached hydrogens (tertiary/aromatic N) is 1. The lowest BCUT2D eigenvalue weighted by molar-refractivity contribution is 0.0670. The monoisotopic (exact) mass is 299 g/mol. The molecule has 2 aromatic carbocycles. The van der Waals surface area contributed by atoms with Gasteiger partial charge in [-0.3, -0.25) is 4.90 Å². The van der Waals surface area contributed by atoms with Crippen molar-refractivity contribution in [1.29, 1.82) is 0 Å². The van der Waals surface area contributed by atoms with Crippen LogP contribution in [0.25, 0.3) is 0 Å². The van der Waals surface area contributed by atoms with Crippen LogP contribution >= 0.6 is 12.4 Å². The Bertz CT molecular complexity index is 615. The average molecular weight is 300 g/mol. The molecule has 0 N–H and O–H groups in total. The summed E-state index contributed by atoms with van der Waals surface area (Å²) in [5.74, 6) is 0. The Balaban J connectivity index is 0.00000132. The standard InChI is InChI=1S/C19H21N.ClH/c1-3-19-17-10-6-4-8-14(17)12-16(20(19)2)13-15-9-5-7-11-18(15)19;/h4-11,16H,3,12-13H2,1-2H3;1H. The van der Waals surface area contributed by atoms with E-state index in [1.165, 1.54) is 24.0 Å². The summed E-state index contributed by atoms with van der Waals surface area (Å²) in [5, 5.41) is 0. The van der Waals surface area contributed by atoms with E-state index in [-0.39, 0.29) is 17.9 Å². The fourth-order valence-electron chi connectivity index (χ4n) is 4.52. The van der Waals surface area contributed by atoms with Crippen molar-refractivity contribution in [2.45, 2.75) is 37.8 Å². The van der Waals surface area contributed by atoms with Crippen LogP contribution in [0.2, 0.25) is 0 Å². The third-order valence-corrected chi connectivity index (χ3v) is 5.50. The lowest BCUT2D eigenvalue weighted by atomic mass is 9.67. The summed E-state index contributed by atoms with van der Waals surface area (Å²) in [6.45, 7) is 2.33. The summed E-state index contributed by atoms with van der Waals surface area (Å²) in [5.41, 5.74) is 6.22. The van der Waals surface area contributed by atoms with Crippen molar-refractivity contribution in [2.75, 3.05) is 7.05 Å². The topological polar surface area (TPSA) is 3.24 Å². The van der Waals surface area contributed by atoms with Crippen LogP contribution in [0.1, 0.15) is 35.6 Å². The molecule has 1 nitrogen and oxygen atoms in total. The van der Waals surface area contributed by atoms with Crippen molar-refractivity contribution in [2.24, 2.45) is 0 Å². The van der Waals surface area contributed by atoms with Crippen LogP contribution in [-0.4, -0.2) is 18.0 Å². The third-order valence-electron chi connectivity index (χ3n) is 5.50. The summed E-state index contributed by atoms with van der Waals surface area (Å²) < 4.78 is 0. The number of likely N-dealkylation sites (N-methyl/N-ethyl adjacent to an activating group) is 1. The Labute approximate surface area is 133 Å². The zero-order valence-electron chi connectivity index (χ0n) is 12.7. The van der Waals surface area contributed by atoms with Gasteiger partial charge in [-0.25, -0.2) is 0 Å². The number of fused-ring (bicyclic) bond motifs is 6. The maximum atomic E-state index is 2.64. The first kappa shape index (κ1) is 14.6. The van der Waals surface area contributed by atoms with E-state index < -0.39 is 0 Å². The predicted octanol–water partition coefficient (Wildman–Crippen LogP) is 4.17. The van der Waals surface area contributed by atoms with Crippen LogP contribution < -0.4 is 0 Å². The summed E-state index contributed by atoms with van der Waals surface area (Å²) in [6.07, 6.45) is 3.50. The minimum atomic E-state index is 0. The first-order chi connectivity index (χ1) is 9.77. The van der Waals surface area contributed by atoms with Crippen molar-refractivity contribution in [3.05, 3.63) is 70.8 Å². The number of rotatable bonds is 1. The van der Waals surface area contributed by atoms with E-state index in [0.717, 1.165) is 6.42 Å². The lowest BCUT2D eigenvalue weighted by Gasteiger charge is -2.55. The van der Waals surface area contributed by atoms with Crippen LogP contribution in [0, 0.1) is 0 Å². The van der Waals surface area contributed by atoms with Gasteiger partial charge in [0.05, 0.1) is 5.54 Å². The smallest absolute Gasteiger partial charge is 0.0718 e. The predicted molar refractivity (Wildman–Crippen MR) is 90.2 cm³/mol. The molecule has 0 aliphatic carbocycles. The Morgan fingerprint density at radius 2 is 1.43 bits per heavy atom. The molecule has 0 radical (unpaired) electrons. The van der Waals surface area contributed by atoms with Crippen LogP contribution in [0.4, 0.5) is 0 Å². The fourth-order valence-corrected chi connectivity index (χ4v) is 4.52. The van der Waals surface area contributed by atoms with Gasteiger partial charge in [0.2, 0.25) is 0 Å². The molecular formula is C19H22ClN. The number of hydrogen-bond donors (Lipinski definition) is 0. The van der Waals surface area contributed by atoms with Gasteiger partial charge in [-0.15, -0.1) is 12.4 Å².